The molecule has 1 saturated heterocycles. The highest BCUT2D eigenvalue weighted by atomic mass is 16.2. The minimum absolute atomic E-state index is 0.00961. The second-order valence-corrected chi connectivity index (χ2v) is 5.63. The summed E-state index contributed by atoms with van der Waals surface area (Å²) in [5, 5.41) is 6.38. The number of anilines is 1. The Morgan fingerprint density at radius 1 is 1.50 bits per heavy atom. The number of nitrogens with one attached hydrogen (secondary N) is 1. The Hall–Kier alpha value is -2.53. The summed E-state index contributed by atoms with van der Waals surface area (Å²) in [6.45, 7) is 4.53. The summed E-state index contributed by atoms with van der Waals surface area (Å²) in [4.78, 5) is 28.8. The number of carbonyl (C=O) groups is 2. The molecule has 0 spiro atoms. The van der Waals surface area contributed by atoms with Gasteiger partial charge in [0.15, 0.2) is 0 Å². The van der Waals surface area contributed by atoms with E-state index in [0.29, 0.717) is 30.8 Å². The second-order valence-electron chi connectivity index (χ2n) is 5.63. The van der Waals surface area contributed by atoms with Crippen molar-refractivity contribution >= 4 is 17.5 Å². The van der Waals surface area contributed by atoms with E-state index in [2.05, 4.69) is 15.3 Å². The van der Waals surface area contributed by atoms with Crippen LogP contribution in [0.1, 0.15) is 30.6 Å². The molecule has 22 heavy (non-hydrogen) atoms. The topological polar surface area (TPSA) is 98.2 Å². The van der Waals surface area contributed by atoms with Crippen molar-refractivity contribution in [1.29, 1.82) is 0 Å². The van der Waals surface area contributed by atoms with Crippen LogP contribution >= 0.6 is 0 Å². The number of azide groups is 1. The molecule has 1 N–H and O–H groups in total. The molecule has 1 aliphatic rings. The van der Waals surface area contributed by atoms with Gasteiger partial charge in [-0.05, 0) is 37.4 Å². The van der Waals surface area contributed by atoms with Gasteiger partial charge in [0, 0.05) is 30.5 Å². The van der Waals surface area contributed by atoms with Crippen LogP contribution in [0.2, 0.25) is 0 Å². The van der Waals surface area contributed by atoms with E-state index in [1.807, 2.05) is 13.8 Å². The molecule has 0 radical (unpaired) electrons. The predicted octanol–water partition coefficient (Wildman–Crippen LogP) is 2.49. The summed E-state index contributed by atoms with van der Waals surface area (Å²) in [7, 11) is 0. The molecule has 1 unspecified atom stereocenters. The largest absolute Gasteiger partial charge is 0.350 e. The van der Waals surface area contributed by atoms with Crippen LogP contribution < -0.4 is 10.2 Å². The number of hydrogen-bond acceptors (Lipinski definition) is 3. The molecule has 0 saturated carbocycles. The SMILES string of the molecule is CC(C)NC(=O)c1ccccc1N1CC(CN=[N+]=[N-])CC1=O. The fourth-order valence-electron chi connectivity index (χ4n) is 2.53. The van der Waals surface area contributed by atoms with Crippen LogP contribution in [-0.2, 0) is 4.79 Å². The minimum atomic E-state index is -0.197. The molecule has 2 amide bonds. The van der Waals surface area contributed by atoms with Gasteiger partial charge in [-0.1, -0.05) is 17.2 Å². The monoisotopic (exact) mass is 301 g/mol. The fraction of sp³-hybridized carbons (Fsp3) is 0.467. The zero-order chi connectivity index (χ0) is 16.1. The Labute approximate surface area is 128 Å². The molecule has 1 aromatic carbocycles. The van der Waals surface area contributed by atoms with Crippen LogP contribution in [-0.4, -0.2) is 30.9 Å². The van der Waals surface area contributed by atoms with Crippen LogP contribution in [0.15, 0.2) is 29.4 Å². The van der Waals surface area contributed by atoms with Gasteiger partial charge >= 0.3 is 0 Å². The first-order valence-electron chi connectivity index (χ1n) is 7.24. The Morgan fingerprint density at radius 3 is 2.91 bits per heavy atom. The highest BCUT2D eigenvalue weighted by Crippen LogP contribution is 2.28. The average Bonchev–Trinajstić information content (AvgIpc) is 2.85. The number of hydrogen-bond donors (Lipinski definition) is 1. The molecular weight excluding hydrogens is 282 g/mol. The standard InChI is InChI=1S/C15H19N5O2/c1-10(2)18-15(22)12-5-3-4-6-13(12)20-9-11(7-14(20)21)8-17-19-16/h3-6,10-11H,7-9H2,1-2H3,(H,18,22). The molecule has 2 rings (SSSR count). The van der Waals surface area contributed by atoms with Crippen LogP contribution in [0, 0.1) is 5.92 Å². The number of carbonyl (C=O) groups excluding carboxylic acids is 2. The summed E-state index contributed by atoms with van der Waals surface area (Å²) >= 11 is 0. The van der Waals surface area contributed by atoms with Gasteiger partial charge in [-0.3, -0.25) is 9.59 Å². The number of benzene rings is 1. The number of rotatable bonds is 5. The van der Waals surface area contributed by atoms with E-state index >= 15 is 0 Å². The third kappa shape index (κ3) is 3.56. The van der Waals surface area contributed by atoms with E-state index in [9.17, 15) is 9.59 Å². The first-order valence-corrected chi connectivity index (χ1v) is 7.24. The Morgan fingerprint density at radius 2 is 2.23 bits per heavy atom. The summed E-state index contributed by atoms with van der Waals surface area (Å²) < 4.78 is 0. The van der Waals surface area contributed by atoms with Crippen LogP contribution in [0.3, 0.4) is 0 Å². The van der Waals surface area contributed by atoms with Crippen LogP contribution in [0.5, 0.6) is 0 Å². The van der Waals surface area contributed by atoms with Crippen molar-refractivity contribution < 1.29 is 9.59 Å². The minimum Gasteiger partial charge on any atom is -0.350 e. The highest BCUT2D eigenvalue weighted by molar-refractivity contribution is 6.05. The number of amides is 2. The number of para-hydroxylation sites is 1. The van der Waals surface area contributed by atoms with E-state index in [1.54, 1.807) is 29.2 Å². The summed E-state index contributed by atoms with van der Waals surface area (Å²) in [6, 6.07) is 7.07. The van der Waals surface area contributed by atoms with E-state index in [1.165, 1.54) is 0 Å². The molecule has 1 heterocycles. The Bertz CT molecular complexity index is 622. The van der Waals surface area contributed by atoms with E-state index in [-0.39, 0.29) is 23.8 Å². The van der Waals surface area contributed by atoms with E-state index in [4.69, 9.17) is 5.53 Å². The Kier molecular flexibility index (Phi) is 5.01. The maximum atomic E-state index is 12.3. The summed E-state index contributed by atoms with van der Waals surface area (Å²) in [5.41, 5.74) is 9.47. The third-order valence-electron chi connectivity index (χ3n) is 3.47. The Balaban J connectivity index is 2.24. The van der Waals surface area contributed by atoms with Gasteiger partial charge in [0.05, 0.1) is 11.3 Å². The first kappa shape index (κ1) is 15.9. The van der Waals surface area contributed by atoms with Gasteiger partial charge < -0.3 is 10.2 Å². The van der Waals surface area contributed by atoms with Crippen LogP contribution in [0.25, 0.3) is 10.4 Å². The molecule has 116 valence electrons. The molecule has 1 fully saturated rings. The number of nitrogens with zero attached hydrogens (tertiary/aromatic N) is 4. The lowest BCUT2D eigenvalue weighted by Crippen LogP contribution is -2.33. The zero-order valence-corrected chi connectivity index (χ0v) is 12.7. The van der Waals surface area contributed by atoms with Crippen molar-refractivity contribution in [2.75, 3.05) is 18.0 Å². The molecule has 0 aliphatic carbocycles. The van der Waals surface area contributed by atoms with Crippen molar-refractivity contribution in [3.63, 3.8) is 0 Å². The fourth-order valence-corrected chi connectivity index (χ4v) is 2.53. The maximum absolute atomic E-state index is 12.3. The smallest absolute Gasteiger partial charge is 0.253 e. The second kappa shape index (κ2) is 6.95. The zero-order valence-electron chi connectivity index (χ0n) is 12.7. The lowest BCUT2D eigenvalue weighted by Gasteiger charge is -2.20. The molecule has 0 aromatic heterocycles. The molecule has 7 nitrogen and oxygen atoms in total. The van der Waals surface area contributed by atoms with Gasteiger partial charge in [0.25, 0.3) is 5.91 Å². The van der Waals surface area contributed by atoms with Crippen LogP contribution in [0.4, 0.5) is 5.69 Å². The quantitative estimate of drug-likeness (QED) is 0.513. The van der Waals surface area contributed by atoms with Crippen molar-refractivity contribution in [2.45, 2.75) is 26.3 Å². The van der Waals surface area contributed by atoms with E-state index in [0.717, 1.165) is 0 Å². The highest BCUT2D eigenvalue weighted by Gasteiger charge is 2.32. The van der Waals surface area contributed by atoms with Crippen molar-refractivity contribution in [3.05, 3.63) is 40.3 Å². The lowest BCUT2D eigenvalue weighted by atomic mass is 10.1. The molecule has 1 atom stereocenters. The first-order chi connectivity index (χ1) is 10.5. The molecule has 1 aromatic rings. The molecular formula is C15H19N5O2. The normalized spacial score (nSPS) is 17.5. The average molecular weight is 301 g/mol. The van der Waals surface area contributed by atoms with Gasteiger partial charge in [0.2, 0.25) is 5.91 Å². The van der Waals surface area contributed by atoms with Gasteiger partial charge in [-0.25, -0.2) is 0 Å². The van der Waals surface area contributed by atoms with Gasteiger partial charge in [-0.2, -0.15) is 0 Å². The summed E-state index contributed by atoms with van der Waals surface area (Å²) in [5.74, 6) is -0.260. The predicted molar refractivity (Wildman–Crippen MR) is 83.5 cm³/mol. The van der Waals surface area contributed by atoms with Gasteiger partial charge in [-0.15, -0.1) is 0 Å². The van der Waals surface area contributed by atoms with E-state index < -0.39 is 0 Å². The van der Waals surface area contributed by atoms with Crippen molar-refractivity contribution in [2.24, 2.45) is 11.0 Å². The lowest BCUT2D eigenvalue weighted by molar-refractivity contribution is -0.117. The molecule has 7 heteroatoms. The van der Waals surface area contributed by atoms with Gasteiger partial charge in [0.1, 0.15) is 0 Å². The maximum Gasteiger partial charge on any atom is 0.253 e. The van der Waals surface area contributed by atoms with Crippen molar-refractivity contribution in [1.82, 2.24) is 5.32 Å². The molecule has 1 aliphatic heterocycles. The van der Waals surface area contributed by atoms with Crippen molar-refractivity contribution in [3.8, 4) is 0 Å². The molecule has 0 bridgehead atoms. The third-order valence-corrected chi connectivity index (χ3v) is 3.47. The summed E-state index contributed by atoms with van der Waals surface area (Å²) in [6.07, 6.45) is 0.332.